The maximum atomic E-state index is 12.5. The molecule has 222 valence electrons. The number of carboxylic acid groups (broad SMARTS) is 1. The van der Waals surface area contributed by atoms with E-state index in [4.69, 9.17) is 9.47 Å². The minimum Gasteiger partial charge on any atom is -0.481 e. The number of nitrogens with one attached hydrogen (secondary N) is 4. The topological polar surface area (TPSA) is 211 Å². The Morgan fingerprint density at radius 1 is 0.825 bits per heavy atom. The molecule has 2 aliphatic carbocycles. The summed E-state index contributed by atoms with van der Waals surface area (Å²) < 4.78 is 14.9. The molecule has 2 rings (SSSR count). The number of carboxylic acids is 1. The number of rotatable bonds is 10. The molecule has 15 nitrogen and oxygen atoms in total. The van der Waals surface area contributed by atoms with Crippen LogP contribution in [0.25, 0.3) is 0 Å². The molecule has 2 saturated carbocycles. The van der Waals surface area contributed by atoms with Crippen molar-refractivity contribution in [2.75, 3.05) is 20.3 Å². The number of alkyl carbamates (subject to hydrolysis) is 3. The van der Waals surface area contributed by atoms with E-state index in [1.165, 1.54) is 28.0 Å². The number of hydrogen-bond donors (Lipinski definition) is 5. The van der Waals surface area contributed by atoms with Gasteiger partial charge in [0.2, 0.25) is 13.9 Å². The maximum Gasteiger partial charge on any atom is 0.407 e. The van der Waals surface area contributed by atoms with Crippen LogP contribution in [0.4, 0.5) is 19.2 Å². The standard InChI is InChI=1S/C24H38BN5O10/c1-24(19(32)33,11-39-22(36)29-15-5-3-14(4-6-15)28-21(35)38-2)12-40-23(37)30-17-8-7-16(27-20(25)34)9-18(10-17)26-13-31/h14-18H,3-12,25H2,1-2H3,(H,27,34)(H,28,35)(H,29,36)(H,30,37)(H,32,33). The third-order valence-electron chi connectivity index (χ3n) is 7.06. The molecule has 2 fully saturated rings. The Labute approximate surface area is 232 Å². The first-order chi connectivity index (χ1) is 18.9. The molecule has 0 bridgehead atoms. The predicted octanol–water partition coefficient (Wildman–Crippen LogP) is 0.555. The van der Waals surface area contributed by atoms with Crippen molar-refractivity contribution in [1.29, 1.82) is 0 Å². The molecule has 40 heavy (non-hydrogen) atoms. The molecule has 0 aromatic carbocycles. The van der Waals surface area contributed by atoms with Crippen LogP contribution in [-0.2, 0) is 23.8 Å². The fourth-order valence-electron chi connectivity index (χ4n) is 4.76. The highest BCUT2D eigenvalue weighted by Gasteiger charge is 2.38. The van der Waals surface area contributed by atoms with E-state index in [0.717, 1.165) is 0 Å². The zero-order valence-electron chi connectivity index (χ0n) is 23.0. The molecule has 5 N–H and O–H groups in total. The number of isocyanates is 1. The van der Waals surface area contributed by atoms with Gasteiger partial charge in [0.05, 0.1) is 13.2 Å². The molecule has 0 aliphatic heterocycles. The summed E-state index contributed by atoms with van der Waals surface area (Å²) in [6.45, 7) is 0.180. The maximum absolute atomic E-state index is 12.5. The molecule has 16 heteroatoms. The number of aliphatic imine (C=N–C) groups is 1. The van der Waals surface area contributed by atoms with Gasteiger partial charge in [0.25, 0.3) is 0 Å². The lowest BCUT2D eigenvalue weighted by molar-refractivity contribution is -0.153. The van der Waals surface area contributed by atoms with Crippen molar-refractivity contribution in [1.82, 2.24) is 21.3 Å². The Morgan fingerprint density at radius 2 is 1.25 bits per heavy atom. The Morgan fingerprint density at radius 3 is 1.68 bits per heavy atom. The van der Waals surface area contributed by atoms with Gasteiger partial charge in [-0.1, -0.05) is 0 Å². The van der Waals surface area contributed by atoms with Crippen LogP contribution in [0.1, 0.15) is 58.3 Å². The number of carbonyl (C=O) groups is 5. The van der Waals surface area contributed by atoms with Crippen molar-refractivity contribution >= 4 is 44.0 Å². The summed E-state index contributed by atoms with van der Waals surface area (Å²) in [6.07, 6.45) is 3.54. The van der Waals surface area contributed by atoms with Gasteiger partial charge in [-0.15, -0.1) is 0 Å². The molecule has 0 radical (unpaired) electrons. The minimum absolute atomic E-state index is 0.0552. The number of carbonyl (C=O) groups excluding carboxylic acids is 5. The lowest BCUT2D eigenvalue weighted by Crippen LogP contribution is -2.46. The van der Waals surface area contributed by atoms with Gasteiger partial charge in [-0.2, -0.15) is 0 Å². The molecular weight excluding hydrogens is 529 g/mol. The second kappa shape index (κ2) is 15.7. The summed E-state index contributed by atoms with van der Waals surface area (Å²) in [5.41, 5.74) is -1.71. The lowest BCUT2D eigenvalue weighted by atomic mass is 9.91. The second-order valence-corrected chi connectivity index (χ2v) is 10.5. The van der Waals surface area contributed by atoms with Gasteiger partial charge in [-0.25, -0.2) is 24.2 Å². The van der Waals surface area contributed by atoms with Crippen molar-refractivity contribution in [3.05, 3.63) is 0 Å². The van der Waals surface area contributed by atoms with Crippen molar-refractivity contribution < 1.29 is 48.1 Å². The van der Waals surface area contributed by atoms with Gasteiger partial charge >= 0.3 is 24.2 Å². The fraction of sp³-hybridized carbons (Fsp3) is 0.750. The molecule has 0 aromatic heterocycles. The largest absolute Gasteiger partial charge is 0.481 e. The molecule has 0 heterocycles. The van der Waals surface area contributed by atoms with E-state index >= 15 is 0 Å². The smallest absolute Gasteiger partial charge is 0.407 e. The van der Waals surface area contributed by atoms with E-state index in [1.54, 1.807) is 0 Å². The predicted molar refractivity (Wildman–Crippen MR) is 141 cm³/mol. The van der Waals surface area contributed by atoms with Crippen molar-refractivity contribution in [3.63, 3.8) is 0 Å². The van der Waals surface area contributed by atoms with Crippen LogP contribution >= 0.6 is 0 Å². The van der Waals surface area contributed by atoms with E-state index in [0.29, 0.717) is 51.4 Å². The van der Waals surface area contributed by atoms with Gasteiger partial charge in [0.1, 0.15) is 18.6 Å². The highest BCUT2D eigenvalue weighted by atomic mass is 16.6. The first kappa shape index (κ1) is 32.4. The summed E-state index contributed by atoms with van der Waals surface area (Å²) in [7, 11) is 2.67. The molecular formula is C24H38BN5O10. The quantitative estimate of drug-likeness (QED) is 0.0814. The van der Waals surface area contributed by atoms with E-state index in [2.05, 4.69) is 31.0 Å². The first-order valence-corrected chi connectivity index (χ1v) is 13.2. The Hall–Kier alpha value is -3.81. The van der Waals surface area contributed by atoms with Crippen LogP contribution < -0.4 is 21.3 Å². The molecule has 0 spiro atoms. The first-order valence-electron chi connectivity index (χ1n) is 13.2. The zero-order chi connectivity index (χ0) is 29.7. The Balaban J connectivity index is 1.81. The Bertz CT molecular complexity index is 970. The van der Waals surface area contributed by atoms with Crippen LogP contribution in [0.15, 0.2) is 4.99 Å². The number of nitrogens with zero attached hydrogens (tertiary/aromatic N) is 1. The number of amides is 4. The van der Waals surface area contributed by atoms with Gasteiger partial charge in [-0.3, -0.25) is 9.59 Å². The normalized spacial score (nSPS) is 25.8. The summed E-state index contributed by atoms with van der Waals surface area (Å²) in [5.74, 6) is -1.54. The SMILES string of the molecule is BC(=O)NC1CCC(NC(=O)OCC(C)(COC(=O)NC2CCC(NC(=O)OC)CC2)C(=O)O)CC(N=C=O)C1. The molecule has 4 amide bonds. The minimum atomic E-state index is -1.71. The molecule has 2 aliphatic rings. The third kappa shape index (κ3) is 11.1. The molecule has 4 atom stereocenters. The number of methoxy groups -OCH3 is 1. The molecule has 0 aromatic rings. The summed E-state index contributed by atoms with van der Waals surface area (Å²) in [5, 5.41) is 20.6. The van der Waals surface area contributed by atoms with E-state index in [-0.39, 0.29) is 23.9 Å². The van der Waals surface area contributed by atoms with Gasteiger partial charge in [-0.05, 0) is 58.3 Å². The van der Waals surface area contributed by atoms with Crippen LogP contribution in [-0.4, -0.2) is 99.6 Å². The average Bonchev–Trinajstić information content (AvgIpc) is 3.08. The van der Waals surface area contributed by atoms with E-state index in [1.807, 2.05) is 0 Å². The third-order valence-corrected chi connectivity index (χ3v) is 7.06. The second-order valence-electron chi connectivity index (χ2n) is 10.5. The lowest BCUT2D eigenvalue weighted by Gasteiger charge is -2.29. The van der Waals surface area contributed by atoms with E-state index in [9.17, 15) is 33.9 Å². The monoisotopic (exact) mass is 567 g/mol. The summed E-state index contributed by atoms with van der Waals surface area (Å²) in [6, 6.07) is -1.35. The summed E-state index contributed by atoms with van der Waals surface area (Å²) >= 11 is 0. The van der Waals surface area contributed by atoms with E-state index < -0.39 is 55.0 Å². The van der Waals surface area contributed by atoms with Crippen molar-refractivity contribution in [2.24, 2.45) is 10.4 Å². The van der Waals surface area contributed by atoms with Gasteiger partial charge in [0.15, 0.2) is 5.81 Å². The highest BCUT2D eigenvalue weighted by Crippen LogP contribution is 2.23. The number of hydrogen-bond acceptors (Lipinski definition) is 10. The highest BCUT2D eigenvalue weighted by molar-refractivity contribution is 6.57. The van der Waals surface area contributed by atoms with Gasteiger partial charge in [0, 0.05) is 24.2 Å². The zero-order valence-corrected chi connectivity index (χ0v) is 23.0. The Kier molecular flexibility index (Phi) is 12.7. The molecule has 0 saturated heterocycles. The number of aliphatic carboxylic acids is 1. The number of ether oxygens (including phenoxy) is 3. The van der Waals surface area contributed by atoms with Crippen LogP contribution in [0.5, 0.6) is 0 Å². The van der Waals surface area contributed by atoms with Crippen LogP contribution in [0.2, 0.25) is 0 Å². The average molecular weight is 567 g/mol. The van der Waals surface area contributed by atoms with Crippen molar-refractivity contribution in [3.8, 4) is 0 Å². The van der Waals surface area contributed by atoms with Crippen LogP contribution in [0.3, 0.4) is 0 Å². The summed E-state index contributed by atoms with van der Waals surface area (Å²) in [4.78, 5) is 74.0. The molecule has 4 unspecified atom stereocenters. The van der Waals surface area contributed by atoms with Gasteiger partial charge < -0.3 is 40.6 Å². The fourth-order valence-corrected chi connectivity index (χ4v) is 4.76. The van der Waals surface area contributed by atoms with Crippen LogP contribution in [0, 0.1) is 5.41 Å². The van der Waals surface area contributed by atoms with Crippen molar-refractivity contribution in [2.45, 2.75) is 88.5 Å².